The number of rotatable bonds is 6. The largest absolute Gasteiger partial charge is 0.422 e. The average molecular weight is 408 g/mol. The first-order valence-electron chi connectivity index (χ1n) is 10.6. The summed E-state index contributed by atoms with van der Waals surface area (Å²) in [6.45, 7) is 4.27. The Morgan fingerprint density at radius 2 is 1.35 bits per heavy atom. The Hall–Kier alpha value is -3.82. The lowest BCUT2D eigenvalue weighted by molar-refractivity contribution is 0.0734. The number of nitriles is 1. The van der Waals surface area contributed by atoms with E-state index in [0.717, 1.165) is 31.2 Å². The van der Waals surface area contributed by atoms with Crippen LogP contribution in [0.5, 0.6) is 5.75 Å². The molecule has 0 aliphatic heterocycles. The lowest BCUT2D eigenvalue weighted by atomic mass is 10.1. The minimum absolute atomic E-state index is 0.236. The van der Waals surface area contributed by atoms with Crippen molar-refractivity contribution in [3.8, 4) is 23.7 Å². The van der Waals surface area contributed by atoms with Gasteiger partial charge in [-0.3, -0.25) is 0 Å². The molecule has 3 aromatic rings. The van der Waals surface area contributed by atoms with Crippen LogP contribution in [-0.2, 0) is 12.8 Å². The highest BCUT2D eigenvalue weighted by molar-refractivity contribution is 5.91. The summed E-state index contributed by atoms with van der Waals surface area (Å²) in [5.74, 6) is 5.95. The molecule has 3 heteroatoms. The second-order valence-corrected chi connectivity index (χ2v) is 7.36. The lowest BCUT2D eigenvalue weighted by Crippen LogP contribution is -2.09. The van der Waals surface area contributed by atoms with Crippen LogP contribution >= 0.6 is 0 Å². The van der Waals surface area contributed by atoms with Crippen molar-refractivity contribution in [3.63, 3.8) is 0 Å². The summed E-state index contributed by atoms with van der Waals surface area (Å²) in [4.78, 5) is 12.5. The highest BCUT2D eigenvalue weighted by Crippen LogP contribution is 2.21. The van der Waals surface area contributed by atoms with Gasteiger partial charge in [0.25, 0.3) is 0 Å². The van der Waals surface area contributed by atoms with Crippen LogP contribution in [0.1, 0.15) is 64.9 Å². The summed E-state index contributed by atoms with van der Waals surface area (Å²) >= 11 is 0. The fourth-order valence-corrected chi connectivity index (χ4v) is 3.23. The van der Waals surface area contributed by atoms with Crippen LogP contribution in [0.3, 0.4) is 0 Å². The van der Waals surface area contributed by atoms with Crippen LogP contribution < -0.4 is 4.74 Å². The van der Waals surface area contributed by atoms with Gasteiger partial charge in [-0.2, -0.15) is 5.26 Å². The van der Waals surface area contributed by atoms with Crippen molar-refractivity contribution in [2.75, 3.05) is 0 Å². The van der Waals surface area contributed by atoms with E-state index < -0.39 is 5.97 Å². The van der Waals surface area contributed by atoms with Crippen LogP contribution in [0.2, 0.25) is 0 Å². The summed E-state index contributed by atoms with van der Waals surface area (Å²) in [6.07, 6.45) is 4.19. The second kappa shape index (κ2) is 10.8. The van der Waals surface area contributed by atoms with Gasteiger partial charge < -0.3 is 4.74 Å². The molecule has 0 atom stereocenters. The van der Waals surface area contributed by atoms with Crippen molar-refractivity contribution in [1.29, 1.82) is 5.26 Å². The Bertz CT molecular complexity index is 1140. The van der Waals surface area contributed by atoms with Gasteiger partial charge in [0.05, 0.1) is 11.1 Å². The van der Waals surface area contributed by atoms with E-state index in [1.54, 1.807) is 30.3 Å². The summed E-state index contributed by atoms with van der Waals surface area (Å²) in [5, 5.41) is 9.50. The summed E-state index contributed by atoms with van der Waals surface area (Å²) in [7, 11) is 0. The van der Waals surface area contributed by atoms with E-state index in [9.17, 15) is 10.1 Å². The Kier molecular flexibility index (Phi) is 7.63. The van der Waals surface area contributed by atoms with E-state index in [2.05, 4.69) is 43.9 Å². The lowest BCUT2D eigenvalue weighted by Gasteiger charge is -2.07. The van der Waals surface area contributed by atoms with Crippen LogP contribution in [0.25, 0.3) is 0 Å². The van der Waals surface area contributed by atoms with Gasteiger partial charge in [-0.05, 0) is 66.4 Å². The van der Waals surface area contributed by atoms with Crippen molar-refractivity contribution in [1.82, 2.24) is 0 Å². The number of carbonyl (C=O) groups is 1. The quantitative estimate of drug-likeness (QED) is 0.283. The third-order valence-corrected chi connectivity index (χ3v) is 4.87. The average Bonchev–Trinajstić information content (AvgIpc) is 2.80. The monoisotopic (exact) mass is 407 g/mol. The number of carbonyl (C=O) groups excluding carboxylic acids is 1. The zero-order valence-corrected chi connectivity index (χ0v) is 17.9. The van der Waals surface area contributed by atoms with Crippen LogP contribution in [-0.4, -0.2) is 5.97 Å². The number of hydrogen-bond acceptors (Lipinski definition) is 3. The van der Waals surface area contributed by atoms with Gasteiger partial charge in [-0.25, -0.2) is 4.79 Å². The maximum absolute atomic E-state index is 12.5. The first-order chi connectivity index (χ1) is 15.1. The molecule has 0 aliphatic rings. The first kappa shape index (κ1) is 21.9. The zero-order chi connectivity index (χ0) is 22.1. The molecule has 0 saturated heterocycles. The minimum Gasteiger partial charge on any atom is -0.422 e. The molecule has 0 heterocycles. The van der Waals surface area contributed by atoms with Gasteiger partial charge in [-0.15, -0.1) is 0 Å². The van der Waals surface area contributed by atoms with E-state index in [-0.39, 0.29) is 11.3 Å². The molecule has 0 bridgehead atoms. The Balaban J connectivity index is 1.73. The van der Waals surface area contributed by atoms with Crippen molar-refractivity contribution in [3.05, 3.63) is 100 Å². The Morgan fingerprint density at radius 3 is 1.94 bits per heavy atom. The fraction of sp³-hybridized carbons (Fsp3) is 0.214. The molecule has 0 amide bonds. The van der Waals surface area contributed by atoms with Gasteiger partial charge in [0.1, 0.15) is 11.8 Å². The van der Waals surface area contributed by atoms with Crippen LogP contribution in [0.4, 0.5) is 0 Å². The van der Waals surface area contributed by atoms with E-state index >= 15 is 0 Å². The molecule has 0 unspecified atom stereocenters. The van der Waals surface area contributed by atoms with Crippen molar-refractivity contribution >= 4 is 5.97 Å². The maximum atomic E-state index is 12.5. The van der Waals surface area contributed by atoms with Gasteiger partial charge in [0.15, 0.2) is 0 Å². The molecule has 0 fully saturated rings. The van der Waals surface area contributed by atoms with Crippen molar-refractivity contribution in [2.45, 2.75) is 39.5 Å². The Labute approximate surface area is 184 Å². The molecule has 0 aliphatic carbocycles. The number of benzene rings is 3. The van der Waals surface area contributed by atoms with Gasteiger partial charge >= 0.3 is 5.97 Å². The maximum Gasteiger partial charge on any atom is 0.343 e. The number of ether oxygens (including phenoxy) is 1. The molecule has 3 aromatic carbocycles. The van der Waals surface area contributed by atoms with Crippen molar-refractivity contribution < 1.29 is 9.53 Å². The van der Waals surface area contributed by atoms with Gasteiger partial charge in [0, 0.05) is 11.1 Å². The zero-order valence-electron chi connectivity index (χ0n) is 17.9. The normalized spacial score (nSPS) is 9.97. The summed E-state index contributed by atoms with van der Waals surface area (Å²) < 4.78 is 5.47. The second-order valence-electron chi connectivity index (χ2n) is 7.36. The number of nitrogens with zero attached hydrogens (tertiary/aromatic N) is 1. The molecule has 0 saturated carbocycles. The third kappa shape index (κ3) is 6.08. The highest BCUT2D eigenvalue weighted by atomic mass is 16.5. The van der Waals surface area contributed by atoms with Gasteiger partial charge in [0.2, 0.25) is 0 Å². The predicted octanol–water partition coefficient (Wildman–Crippen LogP) is 6.08. The van der Waals surface area contributed by atoms with E-state index in [0.29, 0.717) is 11.1 Å². The summed E-state index contributed by atoms with van der Waals surface area (Å²) in [6, 6.07) is 22.7. The number of hydrogen-bond donors (Lipinski definition) is 0. The topological polar surface area (TPSA) is 50.1 Å². The smallest absolute Gasteiger partial charge is 0.343 e. The van der Waals surface area contributed by atoms with Crippen LogP contribution in [0.15, 0.2) is 66.7 Å². The SMILES string of the molecule is CCCc1ccc(C#Cc2ccc(OC(=O)c3ccc(CCC)cc3)c(C#N)c2)cc1. The molecule has 31 heavy (non-hydrogen) atoms. The standard InChI is InChI=1S/C28H25NO2/c1-3-5-21-7-9-23(10-8-21)11-12-24-15-18-27(26(19-24)20-29)31-28(30)25-16-13-22(6-4-2)14-17-25/h7-10,13-19H,3-6H2,1-2H3. The highest BCUT2D eigenvalue weighted by Gasteiger charge is 2.12. The molecular weight excluding hydrogens is 382 g/mol. The summed E-state index contributed by atoms with van der Waals surface area (Å²) in [5.41, 5.74) is 4.82. The molecule has 3 rings (SSSR count). The fourth-order valence-electron chi connectivity index (χ4n) is 3.23. The molecule has 0 spiro atoms. The van der Waals surface area contributed by atoms with Gasteiger partial charge in [-0.1, -0.05) is 62.8 Å². The van der Waals surface area contributed by atoms with E-state index in [1.807, 2.05) is 24.3 Å². The first-order valence-corrected chi connectivity index (χ1v) is 10.6. The predicted molar refractivity (Wildman–Crippen MR) is 123 cm³/mol. The molecular formula is C28H25NO2. The van der Waals surface area contributed by atoms with Crippen LogP contribution in [0, 0.1) is 23.2 Å². The molecule has 0 N–H and O–H groups in total. The van der Waals surface area contributed by atoms with E-state index in [4.69, 9.17) is 4.74 Å². The van der Waals surface area contributed by atoms with Crippen molar-refractivity contribution in [2.24, 2.45) is 0 Å². The van der Waals surface area contributed by atoms with E-state index in [1.165, 1.54) is 11.1 Å². The number of aryl methyl sites for hydroxylation is 2. The third-order valence-electron chi connectivity index (χ3n) is 4.87. The minimum atomic E-state index is -0.481. The molecule has 0 radical (unpaired) electrons. The molecule has 154 valence electrons. The molecule has 0 aromatic heterocycles. The number of esters is 1. The molecule has 3 nitrogen and oxygen atoms in total. The Morgan fingerprint density at radius 1 is 0.806 bits per heavy atom.